The first-order valence-corrected chi connectivity index (χ1v) is 9.98. The Labute approximate surface area is 160 Å². The number of carbonyl (C=O) groups is 2. The highest BCUT2D eigenvalue weighted by molar-refractivity contribution is 7.89. The van der Waals surface area contributed by atoms with E-state index >= 15 is 0 Å². The van der Waals surface area contributed by atoms with Gasteiger partial charge < -0.3 is 5.32 Å². The molecule has 0 aromatic heterocycles. The Morgan fingerprint density at radius 1 is 0.963 bits per heavy atom. The van der Waals surface area contributed by atoms with Crippen molar-refractivity contribution in [1.82, 2.24) is 4.31 Å². The van der Waals surface area contributed by atoms with E-state index in [-0.39, 0.29) is 29.4 Å². The number of amides is 1. The van der Waals surface area contributed by atoms with Crippen molar-refractivity contribution >= 4 is 27.4 Å². The Balaban J connectivity index is 1.96. The number of benzene rings is 2. The summed E-state index contributed by atoms with van der Waals surface area (Å²) in [6.07, 6.45) is 0.174. The molecule has 2 aromatic carbocycles. The van der Waals surface area contributed by atoms with Crippen LogP contribution >= 0.6 is 0 Å². The third kappa shape index (κ3) is 5.24. The molecule has 27 heavy (non-hydrogen) atoms. The van der Waals surface area contributed by atoms with E-state index in [0.717, 1.165) is 15.4 Å². The Morgan fingerprint density at radius 3 is 2.19 bits per heavy atom. The summed E-state index contributed by atoms with van der Waals surface area (Å²) in [4.78, 5) is 24.6. The summed E-state index contributed by atoms with van der Waals surface area (Å²) in [7, 11) is -0.593. The molecule has 7 heteroatoms. The van der Waals surface area contributed by atoms with Crippen LogP contribution in [0.5, 0.6) is 0 Å². The number of carbonyl (C=O) groups excluding carboxylic acids is 2. The number of rotatable bonds is 7. The fraction of sp³-hybridized carbons (Fsp3) is 0.300. The van der Waals surface area contributed by atoms with Crippen molar-refractivity contribution in [2.45, 2.75) is 31.6 Å². The molecule has 6 nitrogen and oxygen atoms in total. The Morgan fingerprint density at radius 2 is 1.59 bits per heavy atom. The van der Waals surface area contributed by atoms with Gasteiger partial charge in [-0.3, -0.25) is 9.59 Å². The molecule has 1 amide bonds. The van der Waals surface area contributed by atoms with Gasteiger partial charge in [0.15, 0.2) is 5.78 Å². The highest BCUT2D eigenvalue weighted by atomic mass is 32.2. The largest absolute Gasteiger partial charge is 0.326 e. The van der Waals surface area contributed by atoms with E-state index in [1.54, 1.807) is 0 Å². The van der Waals surface area contributed by atoms with E-state index < -0.39 is 10.0 Å². The maximum absolute atomic E-state index is 12.3. The van der Waals surface area contributed by atoms with Gasteiger partial charge in [-0.25, -0.2) is 12.7 Å². The van der Waals surface area contributed by atoms with Crippen LogP contribution < -0.4 is 5.32 Å². The van der Waals surface area contributed by atoms with Crippen molar-refractivity contribution in [3.05, 3.63) is 59.2 Å². The minimum atomic E-state index is -3.51. The third-order valence-electron chi connectivity index (χ3n) is 4.19. The molecule has 0 saturated carbocycles. The van der Waals surface area contributed by atoms with Crippen LogP contribution in [0.1, 0.15) is 34.3 Å². The topological polar surface area (TPSA) is 83.5 Å². The zero-order valence-electron chi connectivity index (χ0n) is 15.9. The van der Waals surface area contributed by atoms with E-state index in [4.69, 9.17) is 0 Å². The number of nitrogens with one attached hydrogen (secondary N) is 1. The molecule has 0 aliphatic rings. The molecule has 2 aromatic rings. The van der Waals surface area contributed by atoms with Gasteiger partial charge in [0.05, 0.1) is 4.90 Å². The lowest BCUT2D eigenvalue weighted by atomic mass is 9.99. The number of Topliss-reactive ketones (excluding diaryl/α,β-unsaturated/α-hetero) is 1. The van der Waals surface area contributed by atoms with Gasteiger partial charge in [0.2, 0.25) is 15.9 Å². The number of ketones is 1. The van der Waals surface area contributed by atoms with Crippen LogP contribution in [0.4, 0.5) is 5.69 Å². The standard InChI is InChI=1S/C20H24N2O4S/c1-14-5-6-15(2)18(13-14)19(23)11-12-20(24)21-16-7-9-17(10-8-16)27(25,26)22(3)4/h5-10,13H,11-12H2,1-4H3,(H,21,24). The van der Waals surface area contributed by atoms with E-state index in [1.165, 1.54) is 38.4 Å². The monoisotopic (exact) mass is 388 g/mol. The summed E-state index contributed by atoms with van der Waals surface area (Å²) < 4.78 is 25.2. The Kier molecular flexibility index (Phi) is 6.51. The average molecular weight is 388 g/mol. The normalized spacial score (nSPS) is 11.4. The molecule has 0 atom stereocenters. The average Bonchev–Trinajstić information content (AvgIpc) is 2.62. The summed E-state index contributed by atoms with van der Waals surface area (Å²) in [6, 6.07) is 11.6. The van der Waals surface area contributed by atoms with Crippen LogP contribution in [0.15, 0.2) is 47.4 Å². The van der Waals surface area contributed by atoms with Gasteiger partial charge in [0.25, 0.3) is 0 Å². The summed E-state index contributed by atoms with van der Waals surface area (Å²) in [5.41, 5.74) is 3.02. The van der Waals surface area contributed by atoms with Gasteiger partial charge in [-0.05, 0) is 49.7 Å². The van der Waals surface area contributed by atoms with Crippen LogP contribution in [0.3, 0.4) is 0 Å². The lowest BCUT2D eigenvalue weighted by Crippen LogP contribution is -2.22. The van der Waals surface area contributed by atoms with Gasteiger partial charge in [0.1, 0.15) is 0 Å². The van der Waals surface area contributed by atoms with E-state index in [2.05, 4.69) is 5.32 Å². The SMILES string of the molecule is Cc1ccc(C)c(C(=O)CCC(=O)Nc2ccc(S(=O)(=O)N(C)C)cc2)c1. The van der Waals surface area contributed by atoms with Crippen molar-refractivity contribution < 1.29 is 18.0 Å². The van der Waals surface area contributed by atoms with E-state index in [9.17, 15) is 18.0 Å². The minimum Gasteiger partial charge on any atom is -0.326 e. The summed E-state index contributed by atoms with van der Waals surface area (Å²) in [5, 5.41) is 2.68. The first-order chi connectivity index (χ1) is 12.6. The van der Waals surface area contributed by atoms with Crippen LogP contribution in [-0.2, 0) is 14.8 Å². The number of aryl methyl sites for hydroxylation is 2. The second-order valence-electron chi connectivity index (χ2n) is 6.60. The van der Waals surface area contributed by atoms with Crippen LogP contribution in [-0.4, -0.2) is 38.5 Å². The fourth-order valence-electron chi connectivity index (χ4n) is 2.54. The number of anilines is 1. The maximum Gasteiger partial charge on any atom is 0.242 e. The maximum atomic E-state index is 12.3. The van der Waals surface area contributed by atoms with Crippen molar-refractivity contribution in [2.24, 2.45) is 0 Å². The molecule has 1 N–H and O–H groups in total. The molecular formula is C20H24N2O4S. The Hall–Kier alpha value is -2.51. The molecule has 0 fully saturated rings. The van der Waals surface area contributed by atoms with Gasteiger partial charge >= 0.3 is 0 Å². The first kappa shape index (κ1) is 20.8. The lowest BCUT2D eigenvalue weighted by Gasteiger charge is -2.12. The second-order valence-corrected chi connectivity index (χ2v) is 8.75. The predicted molar refractivity (Wildman–Crippen MR) is 105 cm³/mol. The van der Waals surface area contributed by atoms with Gasteiger partial charge in [0, 0.05) is 38.2 Å². The van der Waals surface area contributed by atoms with Crippen LogP contribution in [0.25, 0.3) is 0 Å². The zero-order valence-corrected chi connectivity index (χ0v) is 16.8. The molecular weight excluding hydrogens is 364 g/mol. The van der Waals surface area contributed by atoms with Gasteiger partial charge in [-0.15, -0.1) is 0 Å². The molecule has 144 valence electrons. The highest BCUT2D eigenvalue weighted by Gasteiger charge is 2.17. The summed E-state index contributed by atoms with van der Waals surface area (Å²) in [5.74, 6) is -0.365. The molecule has 2 rings (SSSR count). The number of sulfonamides is 1. The fourth-order valence-corrected chi connectivity index (χ4v) is 3.44. The van der Waals surface area contributed by atoms with Crippen LogP contribution in [0.2, 0.25) is 0 Å². The van der Waals surface area contributed by atoms with E-state index in [1.807, 2.05) is 32.0 Å². The predicted octanol–water partition coefficient (Wildman–Crippen LogP) is 3.16. The third-order valence-corrected chi connectivity index (χ3v) is 6.02. The molecule has 0 spiro atoms. The highest BCUT2D eigenvalue weighted by Crippen LogP contribution is 2.18. The van der Waals surface area contributed by atoms with Crippen molar-refractivity contribution in [1.29, 1.82) is 0 Å². The van der Waals surface area contributed by atoms with E-state index in [0.29, 0.717) is 11.3 Å². The van der Waals surface area contributed by atoms with Crippen molar-refractivity contribution in [2.75, 3.05) is 19.4 Å². The van der Waals surface area contributed by atoms with Crippen molar-refractivity contribution in [3.63, 3.8) is 0 Å². The molecule has 0 saturated heterocycles. The second kappa shape index (κ2) is 8.45. The smallest absolute Gasteiger partial charge is 0.242 e. The molecule has 0 aliphatic carbocycles. The molecule has 0 radical (unpaired) electrons. The van der Waals surface area contributed by atoms with Crippen molar-refractivity contribution in [3.8, 4) is 0 Å². The van der Waals surface area contributed by atoms with Gasteiger partial charge in [-0.2, -0.15) is 0 Å². The van der Waals surface area contributed by atoms with Gasteiger partial charge in [-0.1, -0.05) is 17.7 Å². The summed E-state index contributed by atoms with van der Waals surface area (Å²) in [6.45, 7) is 3.79. The lowest BCUT2D eigenvalue weighted by molar-refractivity contribution is -0.116. The summed E-state index contributed by atoms with van der Waals surface area (Å²) >= 11 is 0. The molecule has 0 bridgehead atoms. The minimum absolute atomic E-state index is 0.0595. The molecule has 0 unspecified atom stereocenters. The quantitative estimate of drug-likeness (QED) is 0.739. The molecule has 0 aliphatic heterocycles. The number of nitrogens with zero attached hydrogens (tertiary/aromatic N) is 1. The van der Waals surface area contributed by atoms with Crippen LogP contribution in [0, 0.1) is 13.8 Å². The Bertz CT molecular complexity index is 948. The molecule has 0 heterocycles. The first-order valence-electron chi connectivity index (χ1n) is 8.54. The number of hydrogen-bond donors (Lipinski definition) is 1. The number of hydrogen-bond acceptors (Lipinski definition) is 4. The zero-order chi connectivity index (χ0) is 20.2.